The van der Waals surface area contributed by atoms with Gasteiger partial charge in [0.25, 0.3) is 0 Å². The Balaban J connectivity index is 1.22. The van der Waals surface area contributed by atoms with Gasteiger partial charge in [0.15, 0.2) is 0 Å². The average molecular weight is 682 g/mol. The van der Waals surface area contributed by atoms with Crippen LogP contribution in [0.2, 0.25) is 0 Å². The van der Waals surface area contributed by atoms with Gasteiger partial charge in [-0.05, 0) is 143 Å². The molecule has 0 spiro atoms. The van der Waals surface area contributed by atoms with Crippen LogP contribution in [0.25, 0.3) is 27.9 Å². The highest BCUT2D eigenvalue weighted by molar-refractivity contribution is 5.89. The zero-order valence-corrected chi connectivity index (χ0v) is 30.0. The largest absolute Gasteiger partial charge is 0.296 e. The minimum Gasteiger partial charge on any atom is -0.296 e. The first kappa shape index (κ1) is 31.2. The van der Waals surface area contributed by atoms with Gasteiger partial charge in [0, 0.05) is 28.4 Å². The Morgan fingerprint density at radius 3 is 1.19 bits per heavy atom. The first-order valence-electron chi connectivity index (χ1n) is 18.5. The number of fused-ring (bicyclic) bond motifs is 6. The number of rotatable bonds is 7. The van der Waals surface area contributed by atoms with E-state index in [4.69, 9.17) is 0 Å². The molecule has 0 unspecified atom stereocenters. The molecule has 0 aliphatic heterocycles. The third-order valence-corrected chi connectivity index (χ3v) is 11.2. The molecule has 2 aliphatic carbocycles. The van der Waals surface area contributed by atoms with Gasteiger partial charge in [-0.25, -0.2) is 0 Å². The van der Waals surface area contributed by atoms with Crippen molar-refractivity contribution >= 4 is 34.4 Å². The minimum atomic E-state index is 0.939. The maximum atomic E-state index is 2.48. The summed E-state index contributed by atoms with van der Waals surface area (Å²) in [4.78, 5) is 4.93. The van der Waals surface area contributed by atoms with Crippen LogP contribution in [0.5, 0.6) is 0 Å². The van der Waals surface area contributed by atoms with Crippen molar-refractivity contribution in [2.45, 2.75) is 26.7 Å². The van der Waals surface area contributed by atoms with Crippen molar-refractivity contribution in [3.8, 4) is 27.9 Å². The second-order valence-electron chi connectivity index (χ2n) is 14.3. The summed E-state index contributed by atoms with van der Waals surface area (Å²) in [5, 5.41) is 0. The van der Waals surface area contributed by atoms with Crippen LogP contribution in [0.15, 0.2) is 176 Å². The average Bonchev–Trinajstić information content (AvgIpc) is 3.85. The summed E-state index contributed by atoms with van der Waals surface area (Å²) in [7, 11) is 0. The molecular formula is C50H39N3. The quantitative estimate of drug-likeness (QED) is 0.166. The summed E-state index contributed by atoms with van der Waals surface area (Å²) in [6.07, 6.45) is 1.88. The number of nitrogens with zero attached hydrogens (tertiary/aromatic N) is 3. The monoisotopic (exact) mass is 681 g/mol. The van der Waals surface area contributed by atoms with Crippen molar-refractivity contribution in [1.82, 2.24) is 4.57 Å². The number of benzene rings is 7. The molecule has 0 amide bonds. The highest BCUT2D eigenvalue weighted by atomic mass is 15.3. The van der Waals surface area contributed by atoms with Gasteiger partial charge < -0.3 is 0 Å². The van der Waals surface area contributed by atoms with E-state index in [2.05, 4.69) is 204 Å². The fraction of sp³-hybridized carbons (Fsp3) is 0.0800. The lowest BCUT2D eigenvalue weighted by Crippen LogP contribution is -2.19. The molecule has 8 aromatic rings. The highest BCUT2D eigenvalue weighted by Crippen LogP contribution is 2.50. The molecule has 0 fully saturated rings. The second kappa shape index (κ2) is 12.6. The molecule has 0 atom stereocenters. The Hall–Kier alpha value is -6.58. The first-order chi connectivity index (χ1) is 26.1. The van der Waals surface area contributed by atoms with Crippen LogP contribution in [-0.2, 0) is 12.8 Å². The Bertz CT molecular complexity index is 2470. The highest BCUT2D eigenvalue weighted by Gasteiger charge is 2.31. The van der Waals surface area contributed by atoms with Crippen molar-refractivity contribution < 1.29 is 0 Å². The summed E-state index contributed by atoms with van der Waals surface area (Å²) in [6, 6.07) is 64.3. The third-order valence-electron chi connectivity index (χ3n) is 11.2. The smallest absolute Gasteiger partial charge is 0.127 e. The van der Waals surface area contributed by atoms with Crippen molar-refractivity contribution in [2.24, 2.45) is 0 Å². The molecule has 7 aromatic carbocycles. The van der Waals surface area contributed by atoms with E-state index in [0.717, 1.165) is 52.9 Å². The van der Waals surface area contributed by atoms with E-state index in [1.54, 1.807) is 0 Å². The number of hydrogen-bond donors (Lipinski definition) is 0. The number of anilines is 6. The van der Waals surface area contributed by atoms with Crippen LogP contribution in [0.4, 0.5) is 34.4 Å². The molecule has 0 N–H and O–H groups in total. The van der Waals surface area contributed by atoms with E-state index < -0.39 is 0 Å². The van der Waals surface area contributed by atoms with Crippen LogP contribution in [0, 0.1) is 13.8 Å². The van der Waals surface area contributed by atoms with E-state index in [-0.39, 0.29) is 0 Å². The van der Waals surface area contributed by atoms with Gasteiger partial charge in [0.1, 0.15) is 11.6 Å². The van der Waals surface area contributed by atoms with Gasteiger partial charge in [-0.3, -0.25) is 14.4 Å². The van der Waals surface area contributed by atoms with E-state index in [9.17, 15) is 0 Å². The standard InChI is InChI=1S/C50H39N3/c1-34-35(2)50(52(41-20-8-4-9-21-41)44-27-29-48-39(33-44)31-37-17-13-15-25-46(37)48)53(42-22-10-5-11-23-42)49(34)51(40-18-6-3-7-19-40)43-26-28-47-38(32-43)30-36-16-12-14-24-45(36)47/h3-29,32-33H,30-31H2,1-2H3. The zero-order valence-electron chi connectivity index (χ0n) is 30.0. The number of hydrogen-bond acceptors (Lipinski definition) is 2. The Kier molecular flexibility index (Phi) is 7.40. The summed E-state index contributed by atoms with van der Waals surface area (Å²) in [5.74, 6) is 2.25. The molecule has 0 saturated carbocycles. The van der Waals surface area contributed by atoms with Crippen molar-refractivity contribution in [1.29, 1.82) is 0 Å². The molecule has 53 heavy (non-hydrogen) atoms. The number of para-hydroxylation sites is 3. The fourth-order valence-corrected chi connectivity index (χ4v) is 8.61. The van der Waals surface area contributed by atoms with Crippen LogP contribution >= 0.6 is 0 Å². The lowest BCUT2D eigenvalue weighted by atomic mass is 10.0. The lowest BCUT2D eigenvalue weighted by Gasteiger charge is -2.31. The molecule has 0 bridgehead atoms. The SMILES string of the molecule is Cc1c(C)c(N(c2ccccc2)c2ccc3c(c2)Cc2ccccc2-3)n(-c2ccccc2)c1N(c1ccccc1)c1ccc2c(c1)Cc1ccccc1-2. The van der Waals surface area contributed by atoms with Crippen molar-refractivity contribution in [3.05, 3.63) is 209 Å². The van der Waals surface area contributed by atoms with Crippen LogP contribution in [-0.4, -0.2) is 4.57 Å². The zero-order chi connectivity index (χ0) is 35.5. The van der Waals surface area contributed by atoms with Crippen LogP contribution in [0.1, 0.15) is 33.4 Å². The van der Waals surface area contributed by atoms with Gasteiger partial charge in [-0.1, -0.05) is 115 Å². The van der Waals surface area contributed by atoms with Gasteiger partial charge in [-0.2, -0.15) is 0 Å². The molecular weight excluding hydrogens is 643 g/mol. The Labute approximate surface area is 311 Å². The molecule has 0 saturated heterocycles. The molecule has 10 rings (SSSR count). The predicted octanol–water partition coefficient (Wildman–Crippen LogP) is 13.2. The molecule has 3 heteroatoms. The Morgan fingerprint density at radius 1 is 0.358 bits per heavy atom. The molecule has 3 nitrogen and oxygen atoms in total. The van der Waals surface area contributed by atoms with E-state index >= 15 is 0 Å². The van der Waals surface area contributed by atoms with Gasteiger partial charge >= 0.3 is 0 Å². The normalized spacial score (nSPS) is 12.2. The van der Waals surface area contributed by atoms with Crippen LogP contribution in [0.3, 0.4) is 0 Å². The van der Waals surface area contributed by atoms with Crippen LogP contribution < -0.4 is 9.80 Å². The summed E-state index contributed by atoms with van der Waals surface area (Å²) in [6.45, 7) is 4.57. The topological polar surface area (TPSA) is 11.4 Å². The summed E-state index contributed by atoms with van der Waals surface area (Å²) in [5.41, 5.74) is 19.0. The van der Waals surface area contributed by atoms with Gasteiger partial charge in [0.05, 0.1) is 0 Å². The minimum absolute atomic E-state index is 0.939. The van der Waals surface area contributed by atoms with E-state index in [0.29, 0.717) is 0 Å². The van der Waals surface area contributed by atoms with Crippen molar-refractivity contribution in [3.63, 3.8) is 0 Å². The summed E-state index contributed by atoms with van der Waals surface area (Å²) >= 11 is 0. The molecule has 1 heterocycles. The molecule has 2 aliphatic rings. The van der Waals surface area contributed by atoms with E-state index in [1.807, 2.05) is 0 Å². The maximum Gasteiger partial charge on any atom is 0.127 e. The molecule has 0 radical (unpaired) electrons. The van der Waals surface area contributed by atoms with E-state index in [1.165, 1.54) is 55.6 Å². The Morgan fingerprint density at radius 2 is 0.736 bits per heavy atom. The molecule has 254 valence electrons. The van der Waals surface area contributed by atoms with Gasteiger partial charge in [0.2, 0.25) is 0 Å². The maximum absolute atomic E-state index is 2.48. The third kappa shape index (κ3) is 5.11. The first-order valence-corrected chi connectivity index (χ1v) is 18.5. The molecule has 1 aromatic heterocycles. The van der Waals surface area contributed by atoms with Gasteiger partial charge in [-0.15, -0.1) is 0 Å². The number of aromatic nitrogens is 1. The fourth-order valence-electron chi connectivity index (χ4n) is 8.61. The lowest BCUT2D eigenvalue weighted by molar-refractivity contribution is 1.00. The van der Waals surface area contributed by atoms with Crippen molar-refractivity contribution in [2.75, 3.05) is 9.80 Å². The summed E-state index contributed by atoms with van der Waals surface area (Å²) < 4.78 is 2.48. The predicted molar refractivity (Wildman–Crippen MR) is 221 cm³/mol. The second-order valence-corrected chi connectivity index (χ2v) is 14.3.